The number of benzene rings is 2. The lowest BCUT2D eigenvalue weighted by molar-refractivity contribution is -0.149. The van der Waals surface area contributed by atoms with Gasteiger partial charge in [-0.2, -0.15) is 13.2 Å². The van der Waals surface area contributed by atoms with Gasteiger partial charge in [0.1, 0.15) is 11.9 Å². The molecular formula is C20H16F4N4O. The van der Waals surface area contributed by atoms with Crippen LogP contribution < -0.4 is 11.1 Å². The van der Waals surface area contributed by atoms with Crippen molar-refractivity contribution in [2.24, 2.45) is 0 Å². The maximum atomic E-state index is 14.7. The predicted molar refractivity (Wildman–Crippen MR) is 100 cm³/mol. The Morgan fingerprint density at radius 1 is 1.03 bits per heavy atom. The number of nitrogens with one attached hydrogen (secondary N) is 1. The molecule has 0 fully saturated rings. The Bertz CT molecular complexity index is 1040. The van der Waals surface area contributed by atoms with Crippen LogP contribution in [0.15, 0.2) is 54.9 Å². The minimum absolute atomic E-state index is 0.00608. The van der Waals surface area contributed by atoms with E-state index in [9.17, 15) is 22.4 Å². The number of carbonyl (C=O) groups is 1. The highest BCUT2D eigenvalue weighted by Crippen LogP contribution is 2.30. The lowest BCUT2D eigenvalue weighted by Gasteiger charge is -2.18. The highest BCUT2D eigenvalue weighted by Gasteiger charge is 2.37. The first-order chi connectivity index (χ1) is 13.7. The van der Waals surface area contributed by atoms with E-state index in [0.29, 0.717) is 16.7 Å². The van der Waals surface area contributed by atoms with Crippen LogP contribution >= 0.6 is 0 Å². The molecule has 1 heterocycles. The second-order valence-electron chi connectivity index (χ2n) is 6.31. The molecule has 29 heavy (non-hydrogen) atoms. The molecule has 3 aromatic rings. The van der Waals surface area contributed by atoms with Gasteiger partial charge >= 0.3 is 6.18 Å². The van der Waals surface area contributed by atoms with E-state index in [4.69, 9.17) is 5.73 Å². The third-order valence-corrected chi connectivity index (χ3v) is 4.27. The van der Waals surface area contributed by atoms with E-state index in [0.717, 1.165) is 6.92 Å². The van der Waals surface area contributed by atoms with Gasteiger partial charge in [-0.15, -0.1) is 0 Å². The number of carbonyl (C=O) groups excluding carboxylic acids is 1. The summed E-state index contributed by atoms with van der Waals surface area (Å²) < 4.78 is 52.9. The standard InChI is InChI=1S/C20H16F4N4O/c1-11(20(22,23)24)28-18(29)16-5-3-2-4-14(16)12-6-7-15(17(21)8-12)13-9-26-19(25)27-10-13/h2-11H,1H3,(H,28,29)(H2,25,26,27)/t11-/m1/s1. The SMILES string of the molecule is C[C@@H](NC(=O)c1ccccc1-c1ccc(-c2cnc(N)nc2)c(F)c1)C(F)(F)F. The van der Waals surface area contributed by atoms with Gasteiger partial charge in [0, 0.05) is 29.1 Å². The van der Waals surface area contributed by atoms with E-state index >= 15 is 0 Å². The lowest BCUT2D eigenvalue weighted by atomic mass is 9.96. The number of aromatic nitrogens is 2. The van der Waals surface area contributed by atoms with E-state index < -0.39 is 23.9 Å². The largest absolute Gasteiger partial charge is 0.408 e. The molecule has 3 rings (SSSR count). The average molecular weight is 404 g/mol. The van der Waals surface area contributed by atoms with Crippen molar-refractivity contribution in [2.75, 3.05) is 5.73 Å². The Balaban J connectivity index is 1.95. The molecule has 1 atom stereocenters. The molecule has 2 aromatic carbocycles. The number of hydrogen-bond donors (Lipinski definition) is 2. The number of rotatable bonds is 4. The number of hydrogen-bond acceptors (Lipinski definition) is 4. The van der Waals surface area contributed by atoms with E-state index in [-0.39, 0.29) is 17.1 Å². The van der Waals surface area contributed by atoms with E-state index in [2.05, 4.69) is 9.97 Å². The maximum absolute atomic E-state index is 14.7. The fourth-order valence-corrected chi connectivity index (χ4v) is 2.68. The Morgan fingerprint density at radius 2 is 1.69 bits per heavy atom. The molecule has 9 heteroatoms. The van der Waals surface area contributed by atoms with Gasteiger partial charge in [0.25, 0.3) is 5.91 Å². The van der Waals surface area contributed by atoms with Crippen molar-refractivity contribution in [3.8, 4) is 22.3 Å². The summed E-state index contributed by atoms with van der Waals surface area (Å²) in [7, 11) is 0. The van der Waals surface area contributed by atoms with Crippen LogP contribution in [0.4, 0.5) is 23.5 Å². The Kier molecular flexibility index (Phi) is 5.49. The Morgan fingerprint density at radius 3 is 2.31 bits per heavy atom. The fourth-order valence-electron chi connectivity index (χ4n) is 2.68. The first kappa shape index (κ1) is 20.2. The molecule has 0 aliphatic heterocycles. The molecule has 5 nitrogen and oxygen atoms in total. The zero-order chi connectivity index (χ0) is 21.2. The molecule has 0 bridgehead atoms. The molecule has 3 N–H and O–H groups in total. The summed E-state index contributed by atoms with van der Waals surface area (Å²) in [6.45, 7) is 0.851. The van der Waals surface area contributed by atoms with E-state index in [1.165, 1.54) is 42.7 Å². The monoisotopic (exact) mass is 404 g/mol. The summed E-state index contributed by atoms with van der Waals surface area (Å²) in [4.78, 5) is 20.0. The van der Waals surface area contributed by atoms with E-state index in [1.54, 1.807) is 12.1 Å². The van der Waals surface area contributed by atoms with Gasteiger partial charge in [-0.05, 0) is 30.2 Å². The Labute approximate surface area is 163 Å². The van der Waals surface area contributed by atoms with Gasteiger partial charge in [0.2, 0.25) is 5.95 Å². The van der Waals surface area contributed by atoms with Gasteiger partial charge in [-0.3, -0.25) is 4.79 Å². The van der Waals surface area contributed by atoms with Gasteiger partial charge in [0.05, 0.1) is 0 Å². The maximum Gasteiger partial charge on any atom is 0.408 e. The quantitative estimate of drug-likeness (QED) is 0.639. The second-order valence-corrected chi connectivity index (χ2v) is 6.31. The number of nitrogens with two attached hydrogens (primary N) is 1. The lowest BCUT2D eigenvalue weighted by Crippen LogP contribution is -2.43. The highest BCUT2D eigenvalue weighted by atomic mass is 19.4. The van der Waals surface area contributed by atoms with Gasteiger partial charge in [-0.1, -0.05) is 30.3 Å². The molecule has 0 saturated heterocycles. The minimum atomic E-state index is -4.57. The van der Waals surface area contributed by atoms with Crippen LogP contribution in [0.5, 0.6) is 0 Å². The number of anilines is 1. The molecule has 1 amide bonds. The molecule has 0 aliphatic carbocycles. The third kappa shape index (κ3) is 4.50. The van der Waals surface area contributed by atoms with Gasteiger partial charge in [-0.25, -0.2) is 14.4 Å². The summed E-state index contributed by atoms with van der Waals surface area (Å²) >= 11 is 0. The molecule has 0 saturated carbocycles. The summed E-state index contributed by atoms with van der Waals surface area (Å²) in [5.74, 6) is -1.45. The number of nitrogen functional groups attached to an aromatic ring is 1. The topological polar surface area (TPSA) is 80.9 Å². The van der Waals surface area contributed by atoms with Gasteiger partial charge in [0.15, 0.2) is 0 Å². The first-order valence-electron chi connectivity index (χ1n) is 8.51. The normalized spacial score (nSPS) is 12.4. The molecule has 0 aliphatic rings. The van der Waals surface area contributed by atoms with Crippen molar-refractivity contribution >= 4 is 11.9 Å². The van der Waals surface area contributed by atoms with Crippen LogP contribution in [0, 0.1) is 5.82 Å². The fraction of sp³-hybridized carbons (Fsp3) is 0.150. The molecule has 0 radical (unpaired) electrons. The van der Waals surface area contributed by atoms with Crippen molar-refractivity contribution in [3.63, 3.8) is 0 Å². The van der Waals surface area contributed by atoms with Crippen LogP contribution in [0.2, 0.25) is 0 Å². The molecule has 0 spiro atoms. The van der Waals surface area contributed by atoms with Crippen LogP contribution in [-0.2, 0) is 0 Å². The second kappa shape index (κ2) is 7.86. The minimum Gasteiger partial charge on any atom is -0.368 e. The zero-order valence-electron chi connectivity index (χ0n) is 15.2. The van der Waals surface area contributed by atoms with Crippen LogP contribution in [0.3, 0.4) is 0 Å². The van der Waals surface area contributed by atoms with Crippen LogP contribution in [-0.4, -0.2) is 28.1 Å². The average Bonchev–Trinajstić information content (AvgIpc) is 2.68. The van der Waals surface area contributed by atoms with Crippen molar-refractivity contribution in [1.29, 1.82) is 0 Å². The Hall–Kier alpha value is -3.49. The van der Waals surface area contributed by atoms with Crippen LogP contribution in [0.25, 0.3) is 22.3 Å². The zero-order valence-corrected chi connectivity index (χ0v) is 15.2. The van der Waals surface area contributed by atoms with Crippen molar-refractivity contribution in [1.82, 2.24) is 15.3 Å². The predicted octanol–water partition coefficient (Wildman–Crippen LogP) is 4.21. The molecule has 150 valence electrons. The number of nitrogens with zero attached hydrogens (tertiary/aromatic N) is 2. The third-order valence-electron chi connectivity index (χ3n) is 4.27. The van der Waals surface area contributed by atoms with Crippen LogP contribution in [0.1, 0.15) is 17.3 Å². The summed E-state index contributed by atoms with van der Waals surface area (Å²) in [6.07, 6.45) is -1.82. The van der Waals surface area contributed by atoms with Gasteiger partial charge < -0.3 is 11.1 Å². The number of amides is 1. The molecule has 0 unspecified atom stereocenters. The van der Waals surface area contributed by atoms with Crippen molar-refractivity contribution in [3.05, 3.63) is 66.2 Å². The van der Waals surface area contributed by atoms with E-state index in [1.807, 2.05) is 5.32 Å². The molecular weight excluding hydrogens is 388 g/mol. The smallest absolute Gasteiger partial charge is 0.368 e. The highest BCUT2D eigenvalue weighted by molar-refractivity contribution is 6.01. The molecule has 1 aromatic heterocycles. The van der Waals surface area contributed by atoms with Crippen molar-refractivity contribution in [2.45, 2.75) is 19.1 Å². The number of halogens is 4. The first-order valence-corrected chi connectivity index (χ1v) is 8.51. The summed E-state index contributed by atoms with van der Waals surface area (Å²) in [5, 5.41) is 1.92. The van der Waals surface area contributed by atoms with Crippen molar-refractivity contribution < 1.29 is 22.4 Å². The summed E-state index contributed by atoms with van der Waals surface area (Å²) in [5.41, 5.74) is 6.71. The number of alkyl halides is 3. The summed E-state index contributed by atoms with van der Waals surface area (Å²) in [6, 6.07) is 8.27.